The van der Waals surface area contributed by atoms with Crippen LogP contribution in [0.1, 0.15) is 18.9 Å². The first-order chi connectivity index (χ1) is 10.8. The average molecular weight is 338 g/mol. The predicted octanol–water partition coefficient (Wildman–Crippen LogP) is 2.63. The number of nitrogens with one attached hydrogen (secondary N) is 1. The van der Waals surface area contributed by atoms with Crippen molar-refractivity contribution < 1.29 is 9.00 Å². The second-order valence-electron chi connectivity index (χ2n) is 6.33. The van der Waals surface area contributed by atoms with Crippen LogP contribution in [-0.4, -0.2) is 52.9 Å². The molecule has 1 aliphatic rings. The average Bonchev–Trinajstić information content (AvgIpc) is 2.93. The summed E-state index contributed by atoms with van der Waals surface area (Å²) in [6.07, 6.45) is 2.69. The number of amides is 2. The van der Waals surface area contributed by atoms with Crippen molar-refractivity contribution in [3.05, 3.63) is 29.8 Å². The van der Waals surface area contributed by atoms with Crippen LogP contribution >= 0.6 is 0 Å². The number of likely N-dealkylation sites (tertiary alicyclic amines) is 1. The Balaban J connectivity index is 1.95. The van der Waals surface area contributed by atoms with Gasteiger partial charge < -0.3 is 10.2 Å². The molecule has 0 saturated carbocycles. The van der Waals surface area contributed by atoms with Crippen LogP contribution < -0.4 is 5.32 Å². The first-order valence-corrected chi connectivity index (χ1v) is 9.66. The fourth-order valence-electron chi connectivity index (χ4n) is 2.33. The van der Waals surface area contributed by atoms with Gasteiger partial charge in [-0.05, 0) is 30.0 Å². The van der Waals surface area contributed by atoms with Crippen molar-refractivity contribution in [3.8, 4) is 0 Å². The number of anilines is 1. The van der Waals surface area contributed by atoms with Crippen LogP contribution in [-0.2, 0) is 16.5 Å². The maximum absolute atomic E-state index is 12.1. The Morgan fingerprint density at radius 2 is 2.04 bits per heavy atom. The molecule has 1 N–H and O–H groups in total. The van der Waals surface area contributed by atoms with Crippen molar-refractivity contribution in [1.82, 2.24) is 9.21 Å². The van der Waals surface area contributed by atoms with Gasteiger partial charge in [0.2, 0.25) is 0 Å². The Kier molecular flexibility index (Phi) is 5.64. The minimum absolute atomic E-state index is 0.0454. The molecule has 23 heavy (non-hydrogen) atoms. The molecular weight excluding hydrogens is 312 g/mol. The van der Waals surface area contributed by atoms with Gasteiger partial charge >= 0.3 is 6.03 Å². The van der Waals surface area contributed by atoms with E-state index in [9.17, 15) is 9.00 Å². The van der Waals surface area contributed by atoms with E-state index in [4.69, 9.17) is 0 Å². The predicted molar refractivity (Wildman–Crippen MR) is 94.7 cm³/mol. The summed E-state index contributed by atoms with van der Waals surface area (Å²) in [7, 11) is 1.20. The molecule has 7 heteroatoms. The number of nitrogens with zero attached hydrogens (tertiary/aromatic N) is 3. The second kappa shape index (κ2) is 7.31. The summed E-state index contributed by atoms with van der Waals surface area (Å²) in [5, 5.41) is 2.91. The van der Waals surface area contributed by atoms with Crippen LogP contribution in [0.25, 0.3) is 0 Å². The van der Waals surface area contributed by atoms with E-state index in [0.717, 1.165) is 30.8 Å². The van der Waals surface area contributed by atoms with Crippen molar-refractivity contribution in [2.24, 2.45) is 10.3 Å². The zero-order valence-corrected chi connectivity index (χ0v) is 15.1. The van der Waals surface area contributed by atoms with Gasteiger partial charge in [-0.3, -0.25) is 0 Å². The van der Waals surface area contributed by atoms with Crippen LogP contribution in [0.3, 0.4) is 0 Å². The van der Waals surface area contributed by atoms with Gasteiger partial charge in [-0.25, -0.2) is 17.7 Å². The summed E-state index contributed by atoms with van der Waals surface area (Å²) < 4.78 is 18.0. The molecule has 1 fully saturated rings. The summed E-state index contributed by atoms with van der Waals surface area (Å²) >= 11 is 0. The van der Waals surface area contributed by atoms with Gasteiger partial charge in [0.05, 0.1) is 6.54 Å². The molecule has 1 saturated heterocycles. The molecule has 2 amide bonds. The molecule has 0 spiro atoms. The molecule has 0 aliphatic carbocycles. The highest BCUT2D eigenvalue weighted by Gasteiger charge is 2.22. The van der Waals surface area contributed by atoms with E-state index in [0.29, 0.717) is 12.5 Å². The first-order valence-electron chi connectivity index (χ1n) is 7.78. The van der Waals surface area contributed by atoms with Gasteiger partial charge in [0.25, 0.3) is 0 Å². The van der Waals surface area contributed by atoms with E-state index in [1.165, 1.54) is 0 Å². The summed E-state index contributed by atoms with van der Waals surface area (Å²) in [5.41, 5.74) is 1.73. The van der Waals surface area contributed by atoms with Crippen molar-refractivity contribution >= 4 is 21.6 Å². The van der Waals surface area contributed by atoms with Gasteiger partial charge in [0.15, 0.2) is 0 Å². The topological polar surface area (TPSA) is 65.0 Å². The van der Waals surface area contributed by atoms with E-state index in [1.807, 2.05) is 29.2 Å². The third kappa shape index (κ3) is 4.94. The highest BCUT2D eigenvalue weighted by molar-refractivity contribution is 7.90. The lowest BCUT2D eigenvalue weighted by Crippen LogP contribution is -2.32. The number of rotatable bonds is 4. The lowest BCUT2D eigenvalue weighted by atomic mass is 10.2. The van der Waals surface area contributed by atoms with E-state index in [-0.39, 0.29) is 6.03 Å². The van der Waals surface area contributed by atoms with Gasteiger partial charge in [-0.2, -0.15) is 0 Å². The molecule has 0 aromatic heterocycles. The molecule has 0 bridgehead atoms. The van der Waals surface area contributed by atoms with Gasteiger partial charge in [-0.1, -0.05) is 19.1 Å². The number of hydrogen-bond donors (Lipinski definition) is 1. The van der Waals surface area contributed by atoms with Crippen LogP contribution in [0.15, 0.2) is 28.6 Å². The lowest BCUT2D eigenvalue weighted by molar-refractivity contribution is 0.221. The molecule has 2 unspecified atom stereocenters. The number of carbonyl (C=O) groups excluding carboxylic acids is 1. The molecule has 2 rings (SSSR count). The van der Waals surface area contributed by atoms with Gasteiger partial charge in [-0.15, -0.1) is 0 Å². The minimum atomic E-state index is -2.31. The lowest BCUT2D eigenvalue weighted by Gasteiger charge is -2.17. The quantitative estimate of drug-likeness (QED) is 0.917. The number of urea groups is 1. The van der Waals surface area contributed by atoms with Crippen molar-refractivity contribution in [2.45, 2.75) is 19.9 Å². The zero-order chi connectivity index (χ0) is 17.0. The zero-order valence-electron chi connectivity index (χ0n) is 14.3. The Morgan fingerprint density at radius 1 is 1.39 bits per heavy atom. The smallest absolute Gasteiger partial charge is 0.321 e. The minimum Gasteiger partial charge on any atom is -0.324 e. The third-order valence-electron chi connectivity index (χ3n) is 4.08. The number of carbonyl (C=O) groups is 1. The first kappa shape index (κ1) is 17.7. The molecular formula is C16H26N4O2S. The fraction of sp³-hybridized carbons (Fsp3) is 0.562. The van der Waals surface area contributed by atoms with Crippen LogP contribution in [0.5, 0.6) is 0 Å². The molecule has 1 heterocycles. The van der Waals surface area contributed by atoms with Gasteiger partial charge in [0, 0.05) is 39.1 Å². The van der Waals surface area contributed by atoms with Crippen molar-refractivity contribution in [1.29, 1.82) is 0 Å². The summed E-state index contributed by atoms with van der Waals surface area (Å²) in [6.45, 7) is 4.19. The van der Waals surface area contributed by atoms with Crippen LogP contribution in [0.2, 0.25) is 0 Å². The molecule has 0 radical (unpaired) electrons. The van der Waals surface area contributed by atoms with E-state index < -0.39 is 9.92 Å². The molecule has 1 aliphatic heterocycles. The number of hydrogen-bond acceptors (Lipinski definition) is 3. The molecule has 1 aromatic carbocycles. The SMILES string of the molecule is CC1CCN(C(=O)Nc2ccc(CN=S(C)(=O)N(C)C)cc2)C1. The van der Waals surface area contributed by atoms with E-state index in [1.54, 1.807) is 24.7 Å². The highest BCUT2D eigenvalue weighted by atomic mass is 32.2. The Hall–Kier alpha value is -1.60. The normalized spacial score (nSPS) is 20.4. The van der Waals surface area contributed by atoms with Crippen molar-refractivity contribution in [2.75, 3.05) is 38.8 Å². The summed E-state index contributed by atoms with van der Waals surface area (Å²) in [6, 6.07) is 7.47. The standard InChI is InChI=1S/C16H26N4O2S/c1-13-9-10-20(12-13)16(21)18-15-7-5-14(6-8-15)11-17-23(4,22)19(2)3/h5-8,13H,9-12H2,1-4H3,(H,18,21). The highest BCUT2D eigenvalue weighted by Crippen LogP contribution is 2.17. The number of benzene rings is 1. The maximum atomic E-state index is 12.1. The van der Waals surface area contributed by atoms with Crippen LogP contribution in [0, 0.1) is 5.92 Å². The van der Waals surface area contributed by atoms with Crippen LogP contribution in [0.4, 0.5) is 10.5 Å². The Bertz CT molecular complexity index is 663. The summed E-state index contributed by atoms with van der Waals surface area (Å²) in [4.78, 5) is 14.0. The van der Waals surface area contributed by atoms with E-state index >= 15 is 0 Å². The maximum Gasteiger partial charge on any atom is 0.321 e. The monoisotopic (exact) mass is 338 g/mol. The van der Waals surface area contributed by atoms with Gasteiger partial charge in [0.1, 0.15) is 9.92 Å². The van der Waals surface area contributed by atoms with E-state index in [2.05, 4.69) is 16.6 Å². The van der Waals surface area contributed by atoms with Crippen molar-refractivity contribution in [3.63, 3.8) is 0 Å². The molecule has 1 aromatic rings. The largest absolute Gasteiger partial charge is 0.324 e. The molecule has 128 valence electrons. The second-order valence-corrected chi connectivity index (χ2v) is 8.84. The summed E-state index contributed by atoms with van der Waals surface area (Å²) in [5.74, 6) is 0.574. The Morgan fingerprint density at radius 3 is 2.57 bits per heavy atom. The Labute approximate surface area is 139 Å². The molecule has 2 atom stereocenters. The molecule has 6 nitrogen and oxygen atoms in total. The third-order valence-corrected chi connectivity index (χ3v) is 6.04. The fourth-order valence-corrected chi connectivity index (χ4v) is 2.94.